The summed E-state index contributed by atoms with van der Waals surface area (Å²) < 4.78 is 5.53. The molecule has 2 fully saturated rings. The fraction of sp³-hybridized carbons (Fsp3) is 0.269. The van der Waals surface area contributed by atoms with E-state index in [1.807, 2.05) is 66.7 Å². The average molecular weight is 476 g/mol. The molecule has 2 aromatic carbocycles. The Morgan fingerprint density at radius 2 is 1.74 bits per heavy atom. The number of fused-ring (bicyclic) bond motifs is 1. The molecular weight excluding hydrogens is 450 g/mol. The van der Waals surface area contributed by atoms with Gasteiger partial charge in [-0.25, -0.2) is 0 Å². The highest BCUT2D eigenvalue weighted by Gasteiger charge is 2.48. The fourth-order valence-corrected chi connectivity index (χ4v) is 5.54. The Morgan fingerprint density at radius 1 is 1.03 bits per heavy atom. The third kappa shape index (κ3) is 4.27. The summed E-state index contributed by atoms with van der Waals surface area (Å²) in [6.45, 7) is 0.406. The molecule has 2 aliphatic rings. The molecule has 7 nitrogen and oxygen atoms in total. The van der Waals surface area contributed by atoms with Gasteiger partial charge in [0.2, 0.25) is 5.91 Å². The molecular formula is C26H25N3O4S. The molecule has 0 radical (unpaired) electrons. The van der Waals surface area contributed by atoms with Crippen LogP contribution in [-0.2, 0) is 14.3 Å². The summed E-state index contributed by atoms with van der Waals surface area (Å²) in [5.74, 6) is -0.850. The number of nitrogens with two attached hydrogens (primary N) is 1. The molecule has 1 aromatic heterocycles. The van der Waals surface area contributed by atoms with E-state index in [0.29, 0.717) is 17.8 Å². The molecule has 2 aliphatic heterocycles. The Balaban J connectivity index is 1.41. The molecule has 5 rings (SSSR count). The van der Waals surface area contributed by atoms with Crippen molar-refractivity contribution in [3.8, 4) is 10.4 Å². The second-order valence-corrected chi connectivity index (χ2v) is 9.58. The molecule has 0 bridgehead atoms. The van der Waals surface area contributed by atoms with Crippen molar-refractivity contribution >= 4 is 28.9 Å². The molecule has 0 spiro atoms. The normalized spacial score (nSPS) is 21.2. The third-order valence-electron chi connectivity index (χ3n) is 6.38. The number of likely N-dealkylation sites (tertiary alicyclic amines) is 1. The number of nitrogens with one attached hydrogen (secondary N) is 1. The monoisotopic (exact) mass is 475 g/mol. The summed E-state index contributed by atoms with van der Waals surface area (Å²) in [4.78, 5) is 42.2. The zero-order valence-corrected chi connectivity index (χ0v) is 19.2. The first kappa shape index (κ1) is 22.5. The van der Waals surface area contributed by atoms with Crippen LogP contribution in [0, 0.1) is 0 Å². The number of hydrogen-bond acceptors (Lipinski definition) is 6. The van der Waals surface area contributed by atoms with E-state index in [9.17, 15) is 14.4 Å². The van der Waals surface area contributed by atoms with Crippen molar-refractivity contribution in [1.29, 1.82) is 0 Å². The van der Waals surface area contributed by atoms with Gasteiger partial charge in [0.1, 0.15) is 18.7 Å². The predicted molar refractivity (Wildman–Crippen MR) is 129 cm³/mol. The SMILES string of the molecule is NC(c1ccccc1)C(NC(=O)c1ccc(-c2ccccc2)s1)C(=O)N1CCC2OCC(=O)C21. The maximum absolute atomic E-state index is 13.7. The van der Waals surface area contributed by atoms with Crippen molar-refractivity contribution < 1.29 is 19.1 Å². The third-order valence-corrected chi connectivity index (χ3v) is 7.51. The number of carbonyl (C=O) groups excluding carboxylic acids is 3. The van der Waals surface area contributed by atoms with Crippen molar-refractivity contribution in [2.24, 2.45) is 5.73 Å². The van der Waals surface area contributed by atoms with Crippen molar-refractivity contribution in [2.45, 2.75) is 30.7 Å². The molecule has 174 valence electrons. The van der Waals surface area contributed by atoms with Crippen LogP contribution in [0.4, 0.5) is 0 Å². The van der Waals surface area contributed by atoms with Crippen LogP contribution in [0.15, 0.2) is 72.8 Å². The summed E-state index contributed by atoms with van der Waals surface area (Å²) in [5.41, 5.74) is 8.27. The molecule has 8 heteroatoms. The van der Waals surface area contributed by atoms with Crippen molar-refractivity contribution in [1.82, 2.24) is 10.2 Å². The van der Waals surface area contributed by atoms with E-state index in [1.165, 1.54) is 16.2 Å². The second-order valence-electron chi connectivity index (χ2n) is 8.50. The van der Waals surface area contributed by atoms with Gasteiger partial charge in [-0.2, -0.15) is 0 Å². The van der Waals surface area contributed by atoms with E-state index in [1.54, 1.807) is 6.07 Å². The van der Waals surface area contributed by atoms with E-state index in [4.69, 9.17) is 10.5 Å². The second kappa shape index (κ2) is 9.50. The van der Waals surface area contributed by atoms with Gasteiger partial charge >= 0.3 is 0 Å². The highest BCUT2D eigenvalue weighted by molar-refractivity contribution is 7.17. The number of ketones is 1. The van der Waals surface area contributed by atoms with Crippen molar-refractivity contribution in [3.05, 3.63) is 83.2 Å². The number of Topliss-reactive ketones (excluding diaryl/α,β-unsaturated/α-hetero) is 1. The lowest BCUT2D eigenvalue weighted by Gasteiger charge is -2.30. The number of benzene rings is 2. The van der Waals surface area contributed by atoms with Crippen LogP contribution in [0.25, 0.3) is 10.4 Å². The maximum Gasteiger partial charge on any atom is 0.262 e. The zero-order chi connectivity index (χ0) is 23.7. The first-order chi connectivity index (χ1) is 16.5. The van der Waals surface area contributed by atoms with Crippen LogP contribution >= 0.6 is 11.3 Å². The predicted octanol–water partition coefficient (Wildman–Crippen LogP) is 2.78. The van der Waals surface area contributed by atoms with E-state index in [2.05, 4.69) is 5.32 Å². The van der Waals surface area contributed by atoms with Crippen LogP contribution in [0.5, 0.6) is 0 Å². The largest absolute Gasteiger partial charge is 0.368 e. The minimum absolute atomic E-state index is 0.0122. The van der Waals surface area contributed by atoms with Gasteiger partial charge in [-0.15, -0.1) is 11.3 Å². The molecule has 2 amide bonds. The lowest BCUT2D eigenvalue weighted by atomic mass is 9.98. The smallest absolute Gasteiger partial charge is 0.262 e. The van der Waals surface area contributed by atoms with Crippen LogP contribution < -0.4 is 11.1 Å². The number of nitrogens with zero attached hydrogens (tertiary/aromatic N) is 1. The summed E-state index contributed by atoms with van der Waals surface area (Å²) in [6.07, 6.45) is 0.306. The first-order valence-corrected chi connectivity index (χ1v) is 12.1. The molecule has 0 aliphatic carbocycles. The van der Waals surface area contributed by atoms with Crippen molar-refractivity contribution in [2.75, 3.05) is 13.2 Å². The number of amides is 2. The highest BCUT2D eigenvalue weighted by Crippen LogP contribution is 2.30. The minimum Gasteiger partial charge on any atom is -0.368 e. The van der Waals surface area contributed by atoms with Crippen molar-refractivity contribution in [3.63, 3.8) is 0 Å². The van der Waals surface area contributed by atoms with Gasteiger partial charge in [0.15, 0.2) is 5.78 Å². The summed E-state index contributed by atoms with van der Waals surface area (Å²) in [6, 6.07) is 20.2. The summed E-state index contributed by atoms with van der Waals surface area (Å²) >= 11 is 1.35. The van der Waals surface area contributed by atoms with E-state index in [0.717, 1.165) is 16.0 Å². The minimum atomic E-state index is -1.02. The number of ether oxygens (including phenoxy) is 1. The van der Waals surface area contributed by atoms with E-state index in [-0.39, 0.29) is 30.3 Å². The lowest BCUT2D eigenvalue weighted by molar-refractivity contribution is -0.138. The van der Waals surface area contributed by atoms with Crippen LogP contribution in [0.1, 0.15) is 27.7 Å². The molecule has 34 heavy (non-hydrogen) atoms. The summed E-state index contributed by atoms with van der Waals surface area (Å²) in [5, 5.41) is 2.87. The Hall–Kier alpha value is -3.33. The van der Waals surface area contributed by atoms with Crippen LogP contribution in [0.3, 0.4) is 0 Å². The standard InChI is InChI=1S/C26H25N3O4S/c27-22(17-9-5-2-6-10-17)23(26(32)29-14-13-19-24(29)18(30)15-33-19)28-25(31)21-12-11-20(34-21)16-7-3-1-4-8-16/h1-12,19,22-24H,13-15,27H2,(H,28,31). The van der Waals surface area contributed by atoms with Gasteiger partial charge < -0.3 is 20.7 Å². The first-order valence-electron chi connectivity index (χ1n) is 11.2. The number of thiophene rings is 1. The molecule has 4 unspecified atom stereocenters. The average Bonchev–Trinajstić information content (AvgIpc) is 3.61. The lowest BCUT2D eigenvalue weighted by Crippen LogP contribution is -2.56. The Kier molecular flexibility index (Phi) is 6.28. The van der Waals surface area contributed by atoms with Gasteiger partial charge in [0.25, 0.3) is 5.91 Å². The van der Waals surface area contributed by atoms with Gasteiger partial charge in [0, 0.05) is 11.4 Å². The quantitative estimate of drug-likeness (QED) is 0.571. The molecule has 3 N–H and O–H groups in total. The zero-order valence-electron chi connectivity index (χ0n) is 18.4. The Morgan fingerprint density at radius 3 is 2.47 bits per heavy atom. The molecule has 4 atom stereocenters. The van der Waals surface area contributed by atoms with Gasteiger partial charge in [-0.3, -0.25) is 14.4 Å². The Bertz CT molecular complexity index is 1200. The molecule has 3 aromatic rings. The number of carbonyl (C=O) groups is 3. The van der Waals surface area contributed by atoms with Gasteiger partial charge in [-0.1, -0.05) is 60.7 Å². The molecule has 0 saturated carbocycles. The van der Waals surface area contributed by atoms with Gasteiger partial charge in [-0.05, 0) is 29.7 Å². The van der Waals surface area contributed by atoms with E-state index < -0.39 is 18.1 Å². The van der Waals surface area contributed by atoms with Gasteiger partial charge in [0.05, 0.1) is 17.0 Å². The van der Waals surface area contributed by atoms with Crippen LogP contribution in [0.2, 0.25) is 0 Å². The number of hydrogen-bond donors (Lipinski definition) is 2. The summed E-state index contributed by atoms with van der Waals surface area (Å²) in [7, 11) is 0. The topological polar surface area (TPSA) is 102 Å². The van der Waals surface area contributed by atoms with Crippen LogP contribution in [-0.4, -0.2) is 53.8 Å². The molecule has 3 heterocycles. The highest BCUT2D eigenvalue weighted by atomic mass is 32.1. The fourth-order valence-electron chi connectivity index (χ4n) is 4.62. The molecule has 2 saturated heterocycles. The Labute approximate surface area is 201 Å². The van der Waals surface area contributed by atoms with E-state index >= 15 is 0 Å². The maximum atomic E-state index is 13.7. The number of rotatable bonds is 6.